The van der Waals surface area contributed by atoms with Crippen LogP contribution in [-0.2, 0) is 11.2 Å². The first-order valence-corrected chi connectivity index (χ1v) is 6.23. The van der Waals surface area contributed by atoms with Gasteiger partial charge in [0.1, 0.15) is 0 Å². The maximum absolute atomic E-state index is 12.0. The predicted molar refractivity (Wildman–Crippen MR) is 67.4 cm³/mol. The van der Waals surface area contributed by atoms with Gasteiger partial charge in [-0.2, -0.15) is 0 Å². The summed E-state index contributed by atoms with van der Waals surface area (Å²) in [6.45, 7) is 2.01. The number of carbonyl (C=O) groups is 2. The largest absolute Gasteiger partial charge is 0.481 e. The lowest BCUT2D eigenvalue weighted by atomic mass is 9.80. The summed E-state index contributed by atoms with van der Waals surface area (Å²) in [5.41, 5.74) is 1.71. The van der Waals surface area contributed by atoms with E-state index in [4.69, 9.17) is 5.11 Å². The number of rotatable bonds is 4. The molecule has 1 amide bonds. The van der Waals surface area contributed by atoms with E-state index in [2.05, 4.69) is 5.32 Å². The Kier molecular flexibility index (Phi) is 3.65. The highest BCUT2D eigenvalue weighted by Crippen LogP contribution is 2.27. The van der Waals surface area contributed by atoms with Crippen molar-refractivity contribution in [3.63, 3.8) is 0 Å². The number of carboxylic acids is 1. The van der Waals surface area contributed by atoms with Crippen LogP contribution < -0.4 is 5.32 Å². The van der Waals surface area contributed by atoms with Crippen LogP contribution in [0.15, 0.2) is 24.3 Å². The number of amides is 1. The smallest absolute Gasteiger partial charge is 0.306 e. The maximum Gasteiger partial charge on any atom is 0.306 e. The lowest BCUT2D eigenvalue weighted by molar-refractivity contribution is -0.145. The molecule has 1 fully saturated rings. The molecule has 1 aliphatic carbocycles. The molecule has 1 aliphatic rings. The van der Waals surface area contributed by atoms with Gasteiger partial charge in [0, 0.05) is 11.6 Å². The second-order valence-corrected chi connectivity index (χ2v) is 4.69. The van der Waals surface area contributed by atoms with Crippen LogP contribution in [0.3, 0.4) is 0 Å². The zero-order chi connectivity index (χ0) is 13.1. The fourth-order valence-corrected chi connectivity index (χ4v) is 2.25. The zero-order valence-electron chi connectivity index (χ0n) is 10.3. The van der Waals surface area contributed by atoms with E-state index in [0.717, 1.165) is 12.0 Å². The molecule has 0 aliphatic heterocycles. The van der Waals surface area contributed by atoms with Crippen molar-refractivity contribution in [3.8, 4) is 0 Å². The molecule has 0 saturated heterocycles. The van der Waals surface area contributed by atoms with Gasteiger partial charge in [-0.25, -0.2) is 0 Å². The normalized spacial score (nSPS) is 22.1. The van der Waals surface area contributed by atoms with Crippen molar-refractivity contribution in [2.24, 2.45) is 5.92 Å². The molecule has 0 radical (unpaired) electrons. The van der Waals surface area contributed by atoms with Gasteiger partial charge in [-0.1, -0.05) is 25.1 Å². The molecule has 4 heteroatoms. The number of carbonyl (C=O) groups excluding carboxylic acids is 1. The Hall–Kier alpha value is -1.84. The van der Waals surface area contributed by atoms with Crippen LogP contribution >= 0.6 is 0 Å². The zero-order valence-corrected chi connectivity index (χ0v) is 10.3. The number of aliphatic carboxylic acids is 1. The third kappa shape index (κ3) is 2.53. The molecule has 0 aromatic heterocycles. The fraction of sp³-hybridized carbons (Fsp3) is 0.429. The topological polar surface area (TPSA) is 66.4 Å². The maximum atomic E-state index is 12.0. The Morgan fingerprint density at radius 3 is 2.61 bits per heavy atom. The monoisotopic (exact) mass is 247 g/mol. The minimum Gasteiger partial charge on any atom is -0.481 e. The molecule has 2 rings (SSSR count). The molecular weight excluding hydrogens is 230 g/mol. The van der Waals surface area contributed by atoms with E-state index < -0.39 is 5.97 Å². The molecule has 0 heterocycles. The summed E-state index contributed by atoms with van der Waals surface area (Å²) in [6, 6.07) is 7.51. The van der Waals surface area contributed by atoms with E-state index >= 15 is 0 Å². The fourth-order valence-electron chi connectivity index (χ4n) is 2.25. The van der Waals surface area contributed by atoms with Gasteiger partial charge in [0.2, 0.25) is 0 Å². The Morgan fingerprint density at radius 1 is 1.33 bits per heavy atom. The van der Waals surface area contributed by atoms with Crippen molar-refractivity contribution in [2.45, 2.75) is 32.2 Å². The standard InChI is InChI=1S/C14H17NO3/c1-2-9-5-3-4-6-12(9)13(16)15-11-7-10(8-11)14(17)18/h3-6,10-11H,2,7-8H2,1H3,(H,15,16)(H,17,18). The summed E-state index contributed by atoms with van der Waals surface area (Å²) >= 11 is 0. The molecule has 0 spiro atoms. The summed E-state index contributed by atoms with van der Waals surface area (Å²) in [5, 5.41) is 11.7. The molecule has 0 unspecified atom stereocenters. The van der Waals surface area contributed by atoms with Gasteiger partial charge < -0.3 is 10.4 Å². The molecule has 0 atom stereocenters. The molecule has 18 heavy (non-hydrogen) atoms. The van der Waals surface area contributed by atoms with E-state index in [1.165, 1.54) is 0 Å². The Morgan fingerprint density at radius 2 is 2.00 bits per heavy atom. The van der Waals surface area contributed by atoms with Gasteiger partial charge in [0.05, 0.1) is 5.92 Å². The second kappa shape index (κ2) is 5.21. The number of carboxylic acid groups (broad SMARTS) is 1. The molecule has 2 N–H and O–H groups in total. The average Bonchev–Trinajstić information content (AvgIpc) is 2.32. The Bertz CT molecular complexity index is 464. The van der Waals surface area contributed by atoms with Crippen LogP contribution in [-0.4, -0.2) is 23.0 Å². The van der Waals surface area contributed by atoms with Crippen molar-refractivity contribution in [1.29, 1.82) is 0 Å². The van der Waals surface area contributed by atoms with Gasteiger partial charge in [0.15, 0.2) is 0 Å². The van der Waals surface area contributed by atoms with Crippen LogP contribution in [0.4, 0.5) is 0 Å². The Balaban J connectivity index is 1.95. The first-order chi connectivity index (χ1) is 8.61. The van der Waals surface area contributed by atoms with E-state index in [-0.39, 0.29) is 17.9 Å². The molecule has 4 nitrogen and oxygen atoms in total. The summed E-state index contributed by atoms with van der Waals surface area (Å²) in [6.07, 6.45) is 1.89. The van der Waals surface area contributed by atoms with Crippen LogP contribution in [0.1, 0.15) is 35.7 Å². The van der Waals surface area contributed by atoms with Crippen LogP contribution in [0.5, 0.6) is 0 Å². The summed E-state index contributed by atoms with van der Waals surface area (Å²) < 4.78 is 0. The third-order valence-corrected chi connectivity index (χ3v) is 3.47. The molecule has 1 aromatic rings. The van der Waals surface area contributed by atoms with E-state index in [1.54, 1.807) is 0 Å². The van der Waals surface area contributed by atoms with Gasteiger partial charge >= 0.3 is 5.97 Å². The highest BCUT2D eigenvalue weighted by molar-refractivity contribution is 5.96. The predicted octanol–water partition coefficient (Wildman–Crippen LogP) is 1.84. The van der Waals surface area contributed by atoms with E-state index in [0.29, 0.717) is 18.4 Å². The molecular formula is C14H17NO3. The van der Waals surface area contributed by atoms with Crippen molar-refractivity contribution in [3.05, 3.63) is 35.4 Å². The molecule has 1 aromatic carbocycles. The van der Waals surface area contributed by atoms with Gasteiger partial charge in [-0.15, -0.1) is 0 Å². The minimum absolute atomic E-state index is 0.00325. The van der Waals surface area contributed by atoms with Crippen molar-refractivity contribution >= 4 is 11.9 Å². The SMILES string of the molecule is CCc1ccccc1C(=O)NC1CC(C(=O)O)C1. The summed E-state index contributed by atoms with van der Waals surface area (Å²) in [5.74, 6) is -1.16. The first kappa shape index (κ1) is 12.6. The van der Waals surface area contributed by atoms with Gasteiger partial charge in [-0.05, 0) is 30.9 Å². The molecule has 96 valence electrons. The van der Waals surface area contributed by atoms with Crippen LogP contribution in [0.25, 0.3) is 0 Å². The molecule has 1 saturated carbocycles. The number of hydrogen-bond acceptors (Lipinski definition) is 2. The number of aryl methyl sites for hydroxylation is 1. The van der Waals surface area contributed by atoms with Gasteiger partial charge in [-0.3, -0.25) is 9.59 Å². The van der Waals surface area contributed by atoms with E-state index in [9.17, 15) is 9.59 Å². The molecule has 0 bridgehead atoms. The van der Waals surface area contributed by atoms with E-state index in [1.807, 2.05) is 31.2 Å². The van der Waals surface area contributed by atoms with Crippen LogP contribution in [0.2, 0.25) is 0 Å². The average molecular weight is 247 g/mol. The van der Waals surface area contributed by atoms with Crippen molar-refractivity contribution in [1.82, 2.24) is 5.32 Å². The summed E-state index contributed by atoms with van der Waals surface area (Å²) in [7, 11) is 0. The number of nitrogens with one attached hydrogen (secondary N) is 1. The minimum atomic E-state index is -0.769. The van der Waals surface area contributed by atoms with Crippen LogP contribution in [0, 0.1) is 5.92 Å². The third-order valence-electron chi connectivity index (χ3n) is 3.47. The number of benzene rings is 1. The lowest BCUT2D eigenvalue weighted by Gasteiger charge is -2.33. The first-order valence-electron chi connectivity index (χ1n) is 6.23. The van der Waals surface area contributed by atoms with Gasteiger partial charge in [0.25, 0.3) is 5.91 Å². The van der Waals surface area contributed by atoms with Crippen molar-refractivity contribution < 1.29 is 14.7 Å². The highest BCUT2D eigenvalue weighted by atomic mass is 16.4. The quantitative estimate of drug-likeness (QED) is 0.853. The Labute approximate surface area is 106 Å². The number of hydrogen-bond donors (Lipinski definition) is 2. The lowest BCUT2D eigenvalue weighted by Crippen LogP contribution is -2.46. The highest BCUT2D eigenvalue weighted by Gasteiger charge is 2.35. The second-order valence-electron chi connectivity index (χ2n) is 4.69. The van der Waals surface area contributed by atoms with Crippen molar-refractivity contribution in [2.75, 3.05) is 0 Å². The summed E-state index contributed by atoms with van der Waals surface area (Å²) in [4.78, 5) is 22.7.